The van der Waals surface area contributed by atoms with Crippen LogP contribution >= 0.6 is 0 Å². The van der Waals surface area contributed by atoms with Gasteiger partial charge in [0, 0.05) is 30.6 Å². The summed E-state index contributed by atoms with van der Waals surface area (Å²) >= 11 is 0. The number of aromatic nitrogens is 3. The molecular formula is C23H28N6O5S. The lowest BCUT2D eigenvalue weighted by atomic mass is 10.0. The molecule has 11 nitrogen and oxygen atoms in total. The smallest absolute Gasteiger partial charge is 0.254 e. The van der Waals surface area contributed by atoms with E-state index in [1.165, 1.54) is 0 Å². The average molecular weight is 501 g/mol. The Kier molecular flexibility index (Phi) is 6.43. The molecule has 12 heteroatoms. The first-order valence-corrected chi connectivity index (χ1v) is 12.7. The molecule has 0 atom stereocenters. The van der Waals surface area contributed by atoms with Crippen LogP contribution in [-0.4, -0.2) is 55.2 Å². The van der Waals surface area contributed by atoms with E-state index in [-0.39, 0.29) is 11.3 Å². The number of nitrogens with one attached hydrogen (secondary N) is 1. The van der Waals surface area contributed by atoms with E-state index in [0.29, 0.717) is 41.9 Å². The van der Waals surface area contributed by atoms with Crippen molar-refractivity contribution in [1.82, 2.24) is 14.8 Å². The first-order valence-electron chi connectivity index (χ1n) is 11.0. The van der Waals surface area contributed by atoms with Crippen molar-refractivity contribution in [3.63, 3.8) is 0 Å². The molecule has 3 aromatic rings. The summed E-state index contributed by atoms with van der Waals surface area (Å²) < 4.78 is 38.6. The van der Waals surface area contributed by atoms with Gasteiger partial charge in [-0.15, -0.1) is 0 Å². The highest BCUT2D eigenvalue weighted by molar-refractivity contribution is 7.92. The molecule has 2 aromatic heterocycles. The molecule has 0 spiro atoms. The van der Waals surface area contributed by atoms with E-state index >= 15 is 0 Å². The van der Waals surface area contributed by atoms with E-state index in [9.17, 15) is 13.2 Å². The number of benzene rings is 1. The molecule has 4 rings (SSSR count). The van der Waals surface area contributed by atoms with Gasteiger partial charge in [0.25, 0.3) is 5.91 Å². The summed E-state index contributed by atoms with van der Waals surface area (Å²) in [6.45, 7) is 6.29. The van der Waals surface area contributed by atoms with Crippen LogP contribution in [0.5, 0.6) is 5.88 Å². The van der Waals surface area contributed by atoms with Crippen LogP contribution in [0.15, 0.2) is 42.6 Å². The fraction of sp³-hybridized carbons (Fsp3) is 0.348. The molecule has 0 saturated heterocycles. The van der Waals surface area contributed by atoms with Crippen LogP contribution < -0.4 is 20.1 Å². The quantitative estimate of drug-likeness (QED) is 0.405. The van der Waals surface area contributed by atoms with Gasteiger partial charge < -0.3 is 20.1 Å². The standard InChI is InChI=1S/C23H28N6O5S/c1-5-35(31,32)27-16-8-6-15(7-9-16)20-19(21(24)30)22-28(23(2,3)29(22)26-20)17-10-11-25-18(14-17)34-13-12-33-4/h6-11,14,27H,5,12-13H2,1-4H3,(H2,24,30). The molecular weight excluding hydrogens is 472 g/mol. The van der Waals surface area contributed by atoms with Crippen molar-refractivity contribution >= 4 is 33.1 Å². The van der Waals surface area contributed by atoms with E-state index in [2.05, 4.69) is 9.71 Å². The van der Waals surface area contributed by atoms with E-state index in [0.717, 1.165) is 5.69 Å². The van der Waals surface area contributed by atoms with E-state index in [4.69, 9.17) is 20.3 Å². The minimum Gasteiger partial charge on any atom is -0.475 e. The second kappa shape index (κ2) is 9.19. The summed E-state index contributed by atoms with van der Waals surface area (Å²) in [5, 5.41) is 4.69. The molecule has 1 aliphatic rings. The van der Waals surface area contributed by atoms with Crippen LogP contribution in [0, 0.1) is 0 Å². The normalized spacial score (nSPS) is 14.2. The molecule has 1 aliphatic heterocycles. The largest absolute Gasteiger partial charge is 0.475 e. The Bertz CT molecular complexity index is 1350. The third kappa shape index (κ3) is 4.54. The summed E-state index contributed by atoms with van der Waals surface area (Å²) in [6.07, 6.45) is 1.63. The van der Waals surface area contributed by atoms with Crippen LogP contribution in [0.4, 0.5) is 17.2 Å². The monoisotopic (exact) mass is 500 g/mol. The molecule has 0 fully saturated rings. The Balaban J connectivity index is 1.72. The first-order chi connectivity index (χ1) is 16.6. The summed E-state index contributed by atoms with van der Waals surface area (Å²) in [5.41, 5.74) is 7.72. The van der Waals surface area contributed by atoms with Crippen molar-refractivity contribution in [2.24, 2.45) is 5.73 Å². The third-order valence-corrected chi connectivity index (χ3v) is 7.02. The van der Waals surface area contributed by atoms with Crippen LogP contribution in [-0.2, 0) is 20.4 Å². The molecule has 186 valence electrons. The topological polar surface area (TPSA) is 142 Å². The Labute approximate surface area is 203 Å². The molecule has 0 saturated carbocycles. The number of amides is 1. The molecule has 1 amide bonds. The molecule has 3 heterocycles. The maximum absolute atomic E-state index is 12.6. The van der Waals surface area contributed by atoms with Gasteiger partial charge in [-0.05, 0) is 39.0 Å². The Morgan fingerprint density at radius 2 is 1.89 bits per heavy atom. The van der Waals surface area contributed by atoms with Crippen molar-refractivity contribution in [1.29, 1.82) is 0 Å². The number of hydrogen-bond donors (Lipinski definition) is 2. The van der Waals surface area contributed by atoms with Gasteiger partial charge in [0.2, 0.25) is 15.9 Å². The lowest BCUT2D eigenvalue weighted by molar-refractivity contribution is 0.0999. The number of fused-ring (bicyclic) bond motifs is 1. The zero-order chi connectivity index (χ0) is 25.4. The zero-order valence-corrected chi connectivity index (χ0v) is 20.8. The number of primary amides is 1. The average Bonchev–Trinajstić information content (AvgIpc) is 3.18. The SMILES string of the molecule is CCS(=O)(=O)Nc1ccc(-c2nn3c(c2C(N)=O)N(c2ccnc(OCCOC)c2)C3(C)C)cc1. The second-order valence-corrected chi connectivity index (χ2v) is 10.4. The lowest BCUT2D eigenvalue weighted by Crippen LogP contribution is -2.55. The van der Waals surface area contributed by atoms with Crippen LogP contribution in [0.25, 0.3) is 11.3 Å². The van der Waals surface area contributed by atoms with Gasteiger partial charge >= 0.3 is 0 Å². The number of nitrogens with zero attached hydrogens (tertiary/aromatic N) is 4. The van der Waals surface area contributed by atoms with Gasteiger partial charge in [-0.2, -0.15) is 5.10 Å². The van der Waals surface area contributed by atoms with Crippen LogP contribution in [0.2, 0.25) is 0 Å². The number of methoxy groups -OCH3 is 1. The Morgan fingerprint density at radius 3 is 2.51 bits per heavy atom. The minimum absolute atomic E-state index is 0.0343. The Hall–Kier alpha value is -3.64. The molecule has 0 aliphatic carbocycles. The molecule has 0 bridgehead atoms. The predicted octanol–water partition coefficient (Wildman–Crippen LogP) is 2.68. The van der Waals surface area contributed by atoms with Gasteiger partial charge in [-0.1, -0.05) is 12.1 Å². The number of rotatable bonds is 10. The highest BCUT2D eigenvalue weighted by Crippen LogP contribution is 2.50. The van der Waals surface area contributed by atoms with Gasteiger partial charge in [-0.25, -0.2) is 18.1 Å². The summed E-state index contributed by atoms with van der Waals surface area (Å²) in [6, 6.07) is 10.3. The number of hydrogen-bond acceptors (Lipinski definition) is 8. The Morgan fingerprint density at radius 1 is 1.17 bits per heavy atom. The highest BCUT2D eigenvalue weighted by atomic mass is 32.2. The number of carbonyl (C=O) groups is 1. The van der Waals surface area contributed by atoms with Gasteiger partial charge in [-0.3, -0.25) is 9.52 Å². The van der Waals surface area contributed by atoms with Crippen molar-refractivity contribution in [2.75, 3.05) is 35.7 Å². The maximum Gasteiger partial charge on any atom is 0.254 e. The van der Waals surface area contributed by atoms with E-state index < -0.39 is 21.6 Å². The third-order valence-electron chi connectivity index (χ3n) is 5.71. The van der Waals surface area contributed by atoms with Crippen LogP contribution in [0.1, 0.15) is 31.1 Å². The van der Waals surface area contributed by atoms with Crippen molar-refractivity contribution in [3.8, 4) is 17.1 Å². The minimum atomic E-state index is -3.40. The van der Waals surface area contributed by atoms with E-state index in [1.54, 1.807) is 55.2 Å². The number of pyridine rings is 1. The number of anilines is 3. The van der Waals surface area contributed by atoms with Crippen molar-refractivity contribution < 1.29 is 22.7 Å². The summed E-state index contributed by atoms with van der Waals surface area (Å²) in [7, 11) is -1.81. The van der Waals surface area contributed by atoms with Crippen molar-refractivity contribution in [2.45, 2.75) is 26.4 Å². The van der Waals surface area contributed by atoms with Crippen molar-refractivity contribution in [3.05, 3.63) is 48.2 Å². The number of ether oxygens (including phenoxy) is 2. The predicted molar refractivity (Wildman–Crippen MR) is 132 cm³/mol. The van der Waals surface area contributed by atoms with E-state index in [1.807, 2.05) is 24.8 Å². The maximum atomic E-state index is 12.6. The van der Waals surface area contributed by atoms with Gasteiger partial charge in [0.1, 0.15) is 29.3 Å². The van der Waals surface area contributed by atoms with Crippen LogP contribution in [0.3, 0.4) is 0 Å². The zero-order valence-electron chi connectivity index (χ0n) is 20.0. The number of carbonyl (C=O) groups excluding carboxylic acids is 1. The number of nitrogens with two attached hydrogens (primary N) is 1. The molecule has 3 N–H and O–H groups in total. The highest BCUT2D eigenvalue weighted by Gasteiger charge is 2.48. The lowest BCUT2D eigenvalue weighted by Gasteiger charge is -2.50. The molecule has 35 heavy (non-hydrogen) atoms. The molecule has 0 unspecified atom stereocenters. The fourth-order valence-corrected chi connectivity index (χ4v) is 4.61. The molecule has 0 radical (unpaired) electrons. The second-order valence-electron chi connectivity index (χ2n) is 8.43. The molecule has 1 aromatic carbocycles. The summed E-state index contributed by atoms with van der Waals surface area (Å²) in [5.74, 6) is 0.331. The van der Waals surface area contributed by atoms with Gasteiger partial charge in [0.05, 0.1) is 18.0 Å². The fourth-order valence-electron chi connectivity index (χ4n) is 3.97. The number of sulfonamides is 1. The summed E-state index contributed by atoms with van der Waals surface area (Å²) in [4.78, 5) is 18.8. The first kappa shape index (κ1) is 24.5. The van der Waals surface area contributed by atoms with Gasteiger partial charge in [0.15, 0.2) is 0 Å².